The van der Waals surface area contributed by atoms with Gasteiger partial charge in [0.05, 0.1) is 17.7 Å². The molecule has 1 fully saturated rings. The van der Waals surface area contributed by atoms with Gasteiger partial charge in [-0.1, -0.05) is 0 Å². The van der Waals surface area contributed by atoms with Gasteiger partial charge in [-0.05, 0) is 24.3 Å². The van der Waals surface area contributed by atoms with Crippen LogP contribution in [-0.4, -0.2) is 90.4 Å². The molecule has 13 heteroatoms. The van der Waals surface area contributed by atoms with Crippen molar-refractivity contribution in [3.63, 3.8) is 0 Å². The summed E-state index contributed by atoms with van der Waals surface area (Å²) in [4.78, 5) is 24.5. The first-order chi connectivity index (χ1) is 15.5. The van der Waals surface area contributed by atoms with Gasteiger partial charge in [-0.2, -0.15) is 0 Å². The second-order valence-electron chi connectivity index (χ2n) is 7.12. The summed E-state index contributed by atoms with van der Waals surface area (Å²) in [5, 5.41) is 77.2. The molecule has 0 amide bonds. The van der Waals surface area contributed by atoms with Crippen LogP contribution in [0.4, 0.5) is 0 Å². The highest BCUT2D eigenvalue weighted by atomic mass is 16.6. The highest BCUT2D eigenvalue weighted by Crippen LogP contribution is 2.36. The van der Waals surface area contributed by atoms with E-state index in [0.29, 0.717) is 0 Å². The van der Waals surface area contributed by atoms with Crippen LogP contribution in [0, 0.1) is 0 Å². The molecule has 0 radical (unpaired) electrons. The lowest BCUT2D eigenvalue weighted by Crippen LogP contribution is -2.56. The van der Waals surface area contributed by atoms with Crippen LogP contribution in [0.25, 0.3) is 0 Å². The molecule has 2 aromatic rings. The van der Waals surface area contributed by atoms with Crippen LogP contribution in [0.15, 0.2) is 24.3 Å². The average molecular weight is 468 g/mol. The number of esters is 2. The minimum atomic E-state index is -1.67. The number of carbonyl (C=O) groups is 2. The van der Waals surface area contributed by atoms with Gasteiger partial charge in [0.1, 0.15) is 24.9 Å². The first kappa shape index (κ1) is 23.7. The van der Waals surface area contributed by atoms with E-state index in [0.717, 1.165) is 24.3 Å². The third-order valence-corrected chi connectivity index (χ3v) is 4.81. The number of carbonyl (C=O) groups excluding carboxylic acids is 2. The molecule has 1 saturated heterocycles. The molecular formula is C20H20O13. The zero-order valence-electron chi connectivity index (χ0n) is 16.7. The van der Waals surface area contributed by atoms with Crippen molar-refractivity contribution >= 4 is 11.9 Å². The minimum absolute atomic E-state index is 0.317. The highest BCUT2D eigenvalue weighted by molar-refractivity contribution is 5.91. The van der Waals surface area contributed by atoms with Crippen molar-refractivity contribution < 1.29 is 64.7 Å². The number of aliphatic hydroxyl groups excluding tert-OH is 2. The Labute approximate surface area is 184 Å². The molecule has 3 rings (SSSR count). The van der Waals surface area contributed by atoms with Gasteiger partial charge in [-0.15, -0.1) is 0 Å². The van der Waals surface area contributed by atoms with Crippen LogP contribution in [0.3, 0.4) is 0 Å². The van der Waals surface area contributed by atoms with Crippen molar-refractivity contribution in [1.29, 1.82) is 0 Å². The molecule has 1 heterocycles. The lowest BCUT2D eigenvalue weighted by Gasteiger charge is -2.37. The van der Waals surface area contributed by atoms with E-state index >= 15 is 0 Å². The van der Waals surface area contributed by atoms with Crippen LogP contribution in [0.5, 0.6) is 34.5 Å². The molecule has 178 valence electrons. The smallest absolute Gasteiger partial charge is 0.338 e. The van der Waals surface area contributed by atoms with E-state index < -0.39 is 84.1 Å². The van der Waals surface area contributed by atoms with Crippen molar-refractivity contribution in [3.05, 3.63) is 35.4 Å². The molecule has 0 bridgehead atoms. The van der Waals surface area contributed by atoms with E-state index in [9.17, 15) is 50.4 Å². The number of hydrogen-bond acceptors (Lipinski definition) is 13. The SMILES string of the molecule is O=C(OC[C@H]1OC[C@@H](O)[C@H](OC(=O)c2cc(O)c(O)c(O)c2)[C@@H]1O)c1cc(O)c(O)c(O)c1. The molecule has 0 aromatic heterocycles. The fourth-order valence-corrected chi connectivity index (χ4v) is 3.03. The van der Waals surface area contributed by atoms with Crippen LogP contribution < -0.4 is 0 Å². The van der Waals surface area contributed by atoms with Gasteiger partial charge < -0.3 is 55.1 Å². The van der Waals surface area contributed by atoms with Gasteiger partial charge in [0, 0.05) is 0 Å². The summed E-state index contributed by atoms with van der Waals surface area (Å²) in [7, 11) is 0. The maximum absolute atomic E-state index is 12.3. The van der Waals surface area contributed by atoms with Gasteiger partial charge >= 0.3 is 11.9 Å². The van der Waals surface area contributed by atoms with Crippen molar-refractivity contribution in [1.82, 2.24) is 0 Å². The fraction of sp³-hybridized carbons (Fsp3) is 0.300. The number of aliphatic hydroxyl groups is 2. The number of phenols is 6. The Balaban J connectivity index is 1.66. The Morgan fingerprint density at radius 1 is 0.818 bits per heavy atom. The quantitative estimate of drug-likeness (QED) is 0.203. The number of ether oxygens (including phenoxy) is 3. The van der Waals surface area contributed by atoms with Gasteiger partial charge in [0.2, 0.25) is 0 Å². The predicted octanol–water partition coefficient (Wildman–Crippen LogP) is -0.577. The van der Waals surface area contributed by atoms with Gasteiger partial charge in [-0.25, -0.2) is 9.59 Å². The molecule has 2 aromatic carbocycles. The lowest BCUT2D eigenvalue weighted by atomic mass is 10.00. The maximum Gasteiger partial charge on any atom is 0.338 e. The third-order valence-electron chi connectivity index (χ3n) is 4.81. The van der Waals surface area contributed by atoms with Crippen molar-refractivity contribution in [2.45, 2.75) is 24.4 Å². The van der Waals surface area contributed by atoms with Crippen LogP contribution in [0.2, 0.25) is 0 Å². The largest absolute Gasteiger partial charge is 0.504 e. The summed E-state index contributed by atoms with van der Waals surface area (Å²) in [5.41, 5.74) is -0.702. The van der Waals surface area contributed by atoms with E-state index in [2.05, 4.69) is 0 Å². The summed E-state index contributed by atoms with van der Waals surface area (Å²) in [6, 6.07) is 3.28. The van der Waals surface area contributed by atoms with E-state index in [1.165, 1.54) is 0 Å². The van der Waals surface area contributed by atoms with Gasteiger partial charge in [0.25, 0.3) is 0 Å². The molecule has 4 atom stereocenters. The average Bonchev–Trinajstić information content (AvgIpc) is 2.76. The first-order valence-corrected chi connectivity index (χ1v) is 9.35. The maximum atomic E-state index is 12.3. The predicted molar refractivity (Wildman–Crippen MR) is 104 cm³/mol. The topological polar surface area (TPSA) is 224 Å². The summed E-state index contributed by atoms with van der Waals surface area (Å²) in [6.45, 7) is -0.992. The molecule has 0 unspecified atom stereocenters. The van der Waals surface area contributed by atoms with Crippen molar-refractivity contribution in [2.24, 2.45) is 0 Å². The Morgan fingerprint density at radius 2 is 1.27 bits per heavy atom. The summed E-state index contributed by atoms with van der Waals surface area (Å²) < 4.78 is 15.2. The molecule has 13 nitrogen and oxygen atoms in total. The van der Waals surface area contributed by atoms with Gasteiger partial charge in [0.15, 0.2) is 40.6 Å². The van der Waals surface area contributed by atoms with E-state index in [1.54, 1.807) is 0 Å². The zero-order valence-corrected chi connectivity index (χ0v) is 16.7. The molecule has 33 heavy (non-hydrogen) atoms. The zero-order chi connectivity index (χ0) is 24.4. The van der Waals surface area contributed by atoms with E-state index in [-0.39, 0.29) is 11.1 Å². The molecule has 1 aliphatic heterocycles. The molecule has 0 saturated carbocycles. The van der Waals surface area contributed by atoms with E-state index in [4.69, 9.17) is 14.2 Å². The van der Waals surface area contributed by atoms with Crippen molar-refractivity contribution in [3.8, 4) is 34.5 Å². The second kappa shape index (κ2) is 9.28. The van der Waals surface area contributed by atoms with Crippen molar-refractivity contribution in [2.75, 3.05) is 13.2 Å². The highest BCUT2D eigenvalue weighted by Gasteiger charge is 2.42. The molecular weight excluding hydrogens is 448 g/mol. The normalized spacial score (nSPS) is 22.5. The molecule has 0 aliphatic carbocycles. The Morgan fingerprint density at radius 3 is 1.76 bits per heavy atom. The Hall–Kier alpha value is -3.94. The first-order valence-electron chi connectivity index (χ1n) is 9.35. The second-order valence-corrected chi connectivity index (χ2v) is 7.12. The number of rotatable bonds is 5. The molecule has 8 N–H and O–H groups in total. The third kappa shape index (κ3) is 4.95. The monoisotopic (exact) mass is 468 g/mol. The molecule has 0 spiro atoms. The summed E-state index contributed by atoms with van der Waals surface area (Å²) in [6.07, 6.45) is -5.95. The van der Waals surface area contributed by atoms with E-state index in [1.807, 2.05) is 0 Å². The Bertz CT molecular complexity index is 1020. The number of phenolic OH excluding ortho intramolecular Hbond substituents is 6. The standard InChI is InChI=1S/C20H20O13/c21-9-1-7(2-10(22)15(9)26)19(29)32-6-14-17(28)18(13(25)5-31-14)33-20(30)8-3-11(23)16(27)12(24)4-8/h1-4,13-14,17-18,21-28H,5-6H2/t13-,14-,17-,18+/m1/s1. The molecule has 1 aliphatic rings. The number of hydrogen-bond donors (Lipinski definition) is 8. The number of benzene rings is 2. The van der Waals surface area contributed by atoms with Crippen LogP contribution in [-0.2, 0) is 14.2 Å². The fourth-order valence-electron chi connectivity index (χ4n) is 3.03. The van der Waals surface area contributed by atoms with Crippen LogP contribution in [0.1, 0.15) is 20.7 Å². The summed E-state index contributed by atoms with van der Waals surface area (Å²) in [5.74, 6) is -7.02. The Kier molecular flexibility index (Phi) is 6.67. The van der Waals surface area contributed by atoms with Crippen LogP contribution >= 0.6 is 0 Å². The summed E-state index contributed by atoms with van der Waals surface area (Å²) >= 11 is 0. The number of aromatic hydroxyl groups is 6. The minimum Gasteiger partial charge on any atom is -0.504 e. The lowest BCUT2D eigenvalue weighted by molar-refractivity contribution is -0.196. The van der Waals surface area contributed by atoms with Gasteiger partial charge in [-0.3, -0.25) is 0 Å².